The molecule has 2 rings (SSSR count). The molecular formula is C39H69N7O10S2. The van der Waals surface area contributed by atoms with Gasteiger partial charge in [0.2, 0.25) is 24.6 Å². The minimum absolute atomic E-state index is 0.0611. The van der Waals surface area contributed by atoms with Gasteiger partial charge in [0, 0.05) is 50.3 Å². The van der Waals surface area contributed by atoms with Crippen molar-refractivity contribution < 1.29 is 47.1 Å². The lowest BCUT2D eigenvalue weighted by atomic mass is 9.91. The highest BCUT2D eigenvalue weighted by molar-refractivity contribution is 7.99. The molecule has 2 unspecified atom stereocenters. The van der Waals surface area contributed by atoms with E-state index < -0.39 is 22.6 Å². The van der Waals surface area contributed by atoms with Crippen molar-refractivity contribution in [2.24, 2.45) is 11.7 Å². The van der Waals surface area contributed by atoms with Crippen molar-refractivity contribution in [1.82, 2.24) is 25.6 Å². The number of amides is 6. The Balaban J connectivity index is 0.00000542. The minimum Gasteiger partial charge on any atom is -0.377 e. The van der Waals surface area contributed by atoms with Crippen LogP contribution in [0.5, 0.6) is 0 Å². The summed E-state index contributed by atoms with van der Waals surface area (Å²) in [6.07, 6.45) is 5.49. The van der Waals surface area contributed by atoms with Gasteiger partial charge in [0.25, 0.3) is 0 Å². The molecule has 1 fully saturated rings. The summed E-state index contributed by atoms with van der Waals surface area (Å²) >= 11 is 1.95. The van der Waals surface area contributed by atoms with E-state index in [2.05, 4.69) is 40.8 Å². The van der Waals surface area contributed by atoms with Gasteiger partial charge in [0.05, 0.1) is 74.9 Å². The third kappa shape index (κ3) is 26.0. The molecule has 1 aliphatic rings. The number of thioether (sulfide) groups is 1. The summed E-state index contributed by atoms with van der Waals surface area (Å²) < 4.78 is 36.7. The predicted molar refractivity (Wildman–Crippen MR) is 229 cm³/mol. The van der Waals surface area contributed by atoms with Crippen LogP contribution in [0.2, 0.25) is 0 Å². The SMILES string of the molecule is CNC(CCCCC(=O)NCCOCCOCCOCCOCCNC(=O)CCS(=O)N1CCC(C)(NC(=O)N(C=O)c2ccccc2)CC1)SCC(C)C.NC=O. The number of unbranched alkanes of at least 4 members (excludes halogenated alkanes) is 1. The predicted octanol–water partition coefficient (Wildman–Crippen LogP) is 2.16. The molecule has 0 aromatic heterocycles. The van der Waals surface area contributed by atoms with Crippen LogP contribution < -0.4 is 31.9 Å². The first-order chi connectivity index (χ1) is 28.0. The largest absolute Gasteiger partial charge is 0.377 e. The number of anilines is 1. The molecule has 0 bridgehead atoms. The molecule has 1 aromatic carbocycles. The quantitative estimate of drug-likeness (QED) is 0.0412. The molecule has 58 heavy (non-hydrogen) atoms. The summed E-state index contributed by atoms with van der Waals surface area (Å²) in [7, 11) is 0.667. The van der Waals surface area contributed by atoms with E-state index in [-0.39, 0.29) is 30.4 Å². The summed E-state index contributed by atoms with van der Waals surface area (Å²) in [4.78, 5) is 58.3. The number of benzene rings is 1. The highest BCUT2D eigenvalue weighted by Gasteiger charge is 2.34. The fourth-order valence-electron chi connectivity index (χ4n) is 5.45. The van der Waals surface area contributed by atoms with E-state index in [9.17, 15) is 23.4 Å². The van der Waals surface area contributed by atoms with Crippen molar-refractivity contribution in [3.05, 3.63) is 30.3 Å². The highest BCUT2D eigenvalue weighted by Crippen LogP contribution is 2.24. The van der Waals surface area contributed by atoms with Gasteiger partial charge in [-0.15, -0.1) is 11.8 Å². The van der Waals surface area contributed by atoms with Crippen LogP contribution in [0.15, 0.2) is 30.3 Å². The third-order valence-corrected chi connectivity index (χ3v) is 11.9. The average Bonchev–Trinajstić information content (AvgIpc) is 3.20. The zero-order valence-corrected chi connectivity index (χ0v) is 36.5. The number of urea groups is 1. The monoisotopic (exact) mass is 859 g/mol. The summed E-state index contributed by atoms with van der Waals surface area (Å²) in [5.74, 6) is 1.89. The van der Waals surface area contributed by atoms with Crippen molar-refractivity contribution >= 4 is 59.1 Å². The van der Waals surface area contributed by atoms with Crippen LogP contribution in [0.1, 0.15) is 65.7 Å². The number of primary amides is 1. The molecular weight excluding hydrogens is 791 g/mol. The van der Waals surface area contributed by atoms with Crippen LogP contribution in [-0.4, -0.2) is 148 Å². The van der Waals surface area contributed by atoms with Gasteiger partial charge in [-0.3, -0.25) is 19.2 Å². The van der Waals surface area contributed by atoms with E-state index >= 15 is 0 Å². The number of rotatable bonds is 31. The molecule has 0 saturated carbocycles. The Hall–Kier alpha value is -3.17. The lowest BCUT2D eigenvalue weighted by molar-refractivity contribution is -0.122. The molecule has 0 radical (unpaired) electrons. The Bertz CT molecular complexity index is 1290. The maximum atomic E-state index is 12.8. The average molecular weight is 860 g/mol. The number of piperidine rings is 1. The number of hydrogen-bond donors (Lipinski definition) is 5. The Morgan fingerprint density at radius 1 is 0.879 bits per heavy atom. The first kappa shape index (κ1) is 52.8. The molecule has 0 spiro atoms. The van der Waals surface area contributed by atoms with Crippen LogP contribution >= 0.6 is 11.8 Å². The molecule has 1 saturated heterocycles. The molecule has 6 amide bonds. The van der Waals surface area contributed by atoms with Crippen molar-refractivity contribution in [2.45, 2.75) is 76.6 Å². The van der Waals surface area contributed by atoms with Crippen LogP contribution in [0.3, 0.4) is 0 Å². The van der Waals surface area contributed by atoms with Gasteiger partial charge in [-0.25, -0.2) is 18.2 Å². The second kappa shape index (κ2) is 33.6. The number of hydrogen-bond acceptors (Lipinski definition) is 12. The van der Waals surface area contributed by atoms with Crippen LogP contribution in [0.4, 0.5) is 10.5 Å². The lowest BCUT2D eigenvalue weighted by Gasteiger charge is -2.39. The van der Waals surface area contributed by atoms with Crippen LogP contribution in [-0.2, 0) is 49.1 Å². The smallest absolute Gasteiger partial charge is 0.328 e. The van der Waals surface area contributed by atoms with Gasteiger partial charge in [-0.2, -0.15) is 0 Å². The number of ether oxygens (including phenoxy) is 4. The van der Waals surface area contributed by atoms with Crippen molar-refractivity contribution in [2.75, 3.05) is 102 Å². The Kier molecular flexibility index (Phi) is 30.7. The van der Waals surface area contributed by atoms with Gasteiger partial charge < -0.3 is 45.9 Å². The zero-order chi connectivity index (χ0) is 42.9. The fourth-order valence-corrected chi connectivity index (χ4v) is 7.77. The number of imide groups is 1. The van der Waals surface area contributed by atoms with Crippen LogP contribution in [0.25, 0.3) is 0 Å². The molecule has 17 nitrogen and oxygen atoms in total. The standard InChI is InChI=1S/C38H66N6O9S2.CH3NO/c1-32(2)30-54-36(39-4)13-9-8-12-34(46)40-17-21-50-23-25-52-27-28-53-26-24-51-22-18-41-35(47)14-29-55(49)43-19-15-38(3,16-20-43)42-37(48)44(31-45)33-10-6-5-7-11-33;2-1-3/h5-7,10-11,31-32,36,39H,8-9,12-30H2,1-4H3,(H,40,46)(H,41,47)(H,42,48);1H,(H2,2,3). The number of carbonyl (C=O) groups is 5. The van der Waals surface area contributed by atoms with Gasteiger partial charge in [-0.05, 0) is 63.5 Å². The number of nitrogens with one attached hydrogen (secondary N) is 4. The lowest BCUT2D eigenvalue weighted by Crippen LogP contribution is -2.56. The van der Waals surface area contributed by atoms with E-state index in [0.717, 1.165) is 29.9 Å². The normalized spacial score (nSPS) is 14.7. The maximum absolute atomic E-state index is 12.8. The molecule has 19 heteroatoms. The molecule has 332 valence electrons. The van der Waals surface area contributed by atoms with Gasteiger partial charge in [0.1, 0.15) is 0 Å². The van der Waals surface area contributed by atoms with E-state index in [1.165, 1.54) is 0 Å². The molecule has 0 aliphatic carbocycles. The van der Waals surface area contributed by atoms with Gasteiger partial charge >= 0.3 is 6.03 Å². The first-order valence-electron chi connectivity index (χ1n) is 20.0. The number of nitrogens with two attached hydrogens (primary N) is 1. The maximum Gasteiger partial charge on any atom is 0.328 e. The Morgan fingerprint density at radius 3 is 1.90 bits per heavy atom. The zero-order valence-electron chi connectivity index (χ0n) is 34.9. The molecule has 1 aromatic rings. The molecule has 1 heterocycles. The number of carbonyl (C=O) groups excluding carboxylic acids is 5. The van der Waals surface area contributed by atoms with E-state index in [4.69, 9.17) is 23.7 Å². The molecule has 2 atom stereocenters. The van der Waals surface area contributed by atoms with Crippen molar-refractivity contribution in [3.63, 3.8) is 0 Å². The number of para-hydroxylation sites is 1. The Labute approximate surface area is 351 Å². The summed E-state index contributed by atoms with van der Waals surface area (Å²) in [6.45, 7) is 11.5. The highest BCUT2D eigenvalue weighted by atomic mass is 32.2. The first-order valence-corrected chi connectivity index (χ1v) is 22.3. The molecule has 6 N–H and O–H groups in total. The van der Waals surface area contributed by atoms with Crippen molar-refractivity contribution in [1.29, 1.82) is 0 Å². The van der Waals surface area contributed by atoms with Crippen LogP contribution in [0, 0.1) is 5.92 Å². The fraction of sp³-hybridized carbons (Fsp3) is 0.718. The summed E-state index contributed by atoms with van der Waals surface area (Å²) in [5, 5.41) is 12.4. The topological polar surface area (TPSA) is 220 Å². The number of nitrogens with zero attached hydrogens (tertiary/aromatic N) is 2. The Morgan fingerprint density at radius 2 is 1.40 bits per heavy atom. The van der Waals surface area contributed by atoms with E-state index in [0.29, 0.717) is 122 Å². The minimum atomic E-state index is -1.32. The van der Waals surface area contributed by atoms with E-state index in [1.54, 1.807) is 24.3 Å². The second-order valence-corrected chi connectivity index (χ2v) is 16.8. The van der Waals surface area contributed by atoms with Crippen molar-refractivity contribution in [3.8, 4) is 0 Å². The summed E-state index contributed by atoms with van der Waals surface area (Å²) in [5.41, 5.74) is 4.10. The van der Waals surface area contributed by atoms with E-state index in [1.807, 2.05) is 36.1 Å². The molecule has 1 aliphatic heterocycles. The summed E-state index contributed by atoms with van der Waals surface area (Å²) in [6, 6.07) is 8.18. The van der Waals surface area contributed by atoms with Gasteiger partial charge in [0.15, 0.2) is 0 Å². The third-order valence-electron chi connectivity index (χ3n) is 8.71. The van der Waals surface area contributed by atoms with Gasteiger partial charge in [-0.1, -0.05) is 38.5 Å². The second-order valence-electron chi connectivity index (χ2n) is 14.0.